The van der Waals surface area contributed by atoms with Crippen molar-refractivity contribution in [3.8, 4) is 11.4 Å². The van der Waals surface area contributed by atoms with Crippen molar-refractivity contribution in [1.29, 1.82) is 0 Å². The quantitative estimate of drug-likeness (QED) is 0.572. The molecule has 0 saturated heterocycles. The second kappa shape index (κ2) is 4.94. The fourth-order valence-corrected chi connectivity index (χ4v) is 4.09. The molecule has 2 unspecified atom stereocenters. The van der Waals surface area contributed by atoms with Gasteiger partial charge in [0, 0.05) is 11.5 Å². The Morgan fingerprint density at radius 3 is 2.71 bits per heavy atom. The van der Waals surface area contributed by atoms with Crippen LogP contribution in [-0.4, -0.2) is 9.55 Å². The van der Waals surface area contributed by atoms with Gasteiger partial charge < -0.3 is 4.57 Å². The van der Waals surface area contributed by atoms with Gasteiger partial charge in [0.2, 0.25) is 0 Å². The molecule has 0 spiro atoms. The number of hydrogen-bond acceptors (Lipinski definition) is 1. The summed E-state index contributed by atoms with van der Waals surface area (Å²) in [6.07, 6.45) is 8.99. The fraction of sp³-hybridized carbons (Fsp3) is 0.227. The lowest BCUT2D eigenvalue weighted by Gasteiger charge is -2.34. The minimum absolute atomic E-state index is 0.312. The highest BCUT2D eigenvalue weighted by Crippen LogP contribution is 2.47. The Hall–Kier alpha value is -2.61. The summed E-state index contributed by atoms with van der Waals surface area (Å²) in [5, 5.41) is 0. The molecule has 2 aliphatic rings. The zero-order valence-electron chi connectivity index (χ0n) is 14.0. The third-order valence-electron chi connectivity index (χ3n) is 5.34. The normalized spacial score (nSPS) is 21.0. The van der Waals surface area contributed by atoms with Crippen LogP contribution in [0.15, 0.2) is 66.8 Å². The smallest absolute Gasteiger partial charge is 0.142 e. The largest absolute Gasteiger partial charge is 0.316 e. The lowest BCUT2D eigenvalue weighted by Crippen LogP contribution is -2.22. The Morgan fingerprint density at radius 1 is 1.00 bits per heavy atom. The first kappa shape index (κ1) is 13.8. The lowest BCUT2D eigenvalue weighted by molar-refractivity contribution is 0.547. The van der Waals surface area contributed by atoms with Crippen LogP contribution in [0.5, 0.6) is 0 Å². The van der Waals surface area contributed by atoms with Gasteiger partial charge in [-0.05, 0) is 29.2 Å². The molecule has 3 aromatic rings. The molecule has 2 heterocycles. The highest BCUT2D eigenvalue weighted by atomic mass is 15.1. The minimum atomic E-state index is 0.312. The predicted octanol–water partition coefficient (Wildman–Crippen LogP) is 5.59. The molecule has 1 aliphatic heterocycles. The highest BCUT2D eigenvalue weighted by molar-refractivity contribution is 5.83. The van der Waals surface area contributed by atoms with E-state index in [0.717, 1.165) is 11.3 Å². The summed E-state index contributed by atoms with van der Waals surface area (Å²) in [4.78, 5) is 4.97. The van der Waals surface area contributed by atoms with Crippen LogP contribution in [0.1, 0.15) is 42.9 Å². The standard InChI is InChI=1S/C22H20N2/c1-14(2)15-11-12-17-18(13-15)16-7-3-5-9-20(16)24-21-10-6-4-8-19(21)23-22(17)24/h3-14,16,20H,1-2H3. The molecule has 2 atom stereocenters. The van der Waals surface area contributed by atoms with Crippen LogP contribution in [0.2, 0.25) is 0 Å². The van der Waals surface area contributed by atoms with E-state index >= 15 is 0 Å². The molecule has 2 heteroatoms. The molecule has 1 aliphatic carbocycles. The van der Waals surface area contributed by atoms with Crippen LogP contribution in [-0.2, 0) is 0 Å². The number of fused-ring (bicyclic) bond motifs is 8. The SMILES string of the molecule is CC(C)c1ccc2c(c1)C1C=CC=CC1n1c-2nc2ccccc21. The summed E-state index contributed by atoms with van der Waals surface area (Å²) < 4.78 is 2.41. The van der Waals surface area contributed by atoms with Crippen molar-refractivity contribution in [2.75, 3.05) is 0 Å². The molecule has 2 nitrogen and oxygen atoms in total. The van der Waals surface area contributed by atoms with Gasteiger partial charge in [-0.25, -0.2) is 4.98 Å². The third kappa shape index (κ3) is 1.80. The molecule has 118 valence electrons. The fourth-order valence-electron chi connectivity index (χ4n) is 4.09. The van der Waals surface area contributed by atoms with E-state index in [0.29, 0.717) is 17.9 Å². The van der Waals surface area contributed by atoms with Crippen molar-refractivity contribution < 1.29 is 0 Å². The Labute approximate surface area is 142 Å². The van der Waals surface area contributed by atoms with Crippen molar-refractivity contribution in [3.05, 3.63) is 77.9 Å². The molecule has 5 rings (SSSR count). The van der Waals surface area contributed by atoms with E-state index in [1.54, 1.807) is 0 Å². The second-order valence-corrected chi connectivity index (χ2v) is 7.08. The van der Waals surface area contributed by atoms with E-state index in [1.165, 1.54) is 22.2 Å². The van der Waals surface area contributed by atoms with Crippen LogP contribution in [0, 0.1) is 0 Å². The van der Waals surface area contributed by atoms with Gasteiger partial charge in [0.05, 0.1) is 17.1 Å². The third-order valence-corrected chi connectivity index (χ3v) is 5.34. The number of imidazole rings is 1. The second-order valence-electron chi connectivity index (χ2n) is 7.08. The maximum Gasteiger partial charge on any atom is 0.142 e. The number of nitrogens with zero attached hydrogens (tertiary/aromatic N) is 2. The highest BCUT2D eigenvalue weighted by Gasteiger charge is 2.34. The van der Waals surface area contributed by atoms with Crippen molar-refractivity contribution in [3.63, 3.8) is 0 Å². The summed E-state index contributed by atoms with van der Waals surface area (Å²) in [7, 11) is 0. The zero-order chi connectivity index (χ0) is 16.3. The van der Waals surface area contributed by atoms with Crippen molar-refractivity contribution >= 4 is 11.0 Å². The molecular formula is C22H20N2. The number of aromatic nitrogens is 2. The Balaban J connectivity index is 1.85. The molecule has 2 aromatic carbocycles. The molecule has 0 saturated carbocycles. The zero-order valence-corrected chi connectivity index (χ0v) is 14.0. The van der Waals surface area contributed by atoms with Crippen LogP contribution in [0.4, 0.5) is 0 Å². The molecule has 0 radical (unpaired) electrons. The summed E-state index contributed by atoms with van der Waals surface area (Å²) >= 11 is 0. The van der Waals surface area contributed by atoms with Crippen LogP contribution in [0.25, 0.3) is 22.4 Å². The molecule has 0 bridgehead atoms. The first-order chi connectivity index (χ1) is 11.7. The first-order valence-electron chi connectivity index (χ1n) is 8.70. The van der Waals surface area contributed by atoms with Crippen LogP contribution < -0.4 is 0 Å². The lowest BCUT2D eigenvalue weighted by atomic mass is 9.80. The van der Waals surface area contributed by atoms with Crippen molar-refractivity contribution in [2.45, 2.75) is 31.7 Å². The molecule has 0 amide bonds. The number of benzene rings is 2. The van der Waals surface area contributed by atoms with Gasteiger partial charge in [-0.15, -0.1) is 0 Å². The summed E-state index contributed by atoms with van der Waals surface area (Å²) in [5.74, 6) is 2.02. The van der Waals surface area contributed by atoms with Gasteiger partial charge in [0.25, 0.3) is 0 Å². The monoisotopic (exact) mass is 312 g/mol. The topological polar surface area (TPSA) is 17.8 Å². The van der Waals surface area contributed by atoms with Gasteiger partial charge in [-0.2, -0.15) is 0 Å². The van der Waals surface area contributed by atoms with Gasteiger partial charge in [0.1, 0.15) is 5.82 Å². The van der Waals surface area contributed by atoms with E-state index in [4.69, 9.17) is 4.98 Å². The molecule has 1 aromatic heterocycles. The molecule has 0 N–H and O–H groups in total. The number of allylic oxidation sites excluding steroid dienone is 4. The average molecular weight is 312 g/mol. The average Bonchev–Trinajstić information content (AvgIpc) is 3.01. The van der Waals surface area contributed by atoms with Gasteiger partial charge >= 0.3 is 0 Å². The molecule has 24 heavy (non-hydrogen) atoms. The Kier molecular flexibility index (Phi) is 2.84. The van der Waals surface area contributed by atoms with Gasteiger partial charge in [-0.3, -0.25) is 0 Å². The van der Waals surface area contributed by atoms with E-state index in [1.807, 2.05) is 0 Å². The Bertz CT molecular complexity index is 1000. The minimum Gasteiger partial charge on any atom is -0.316 e. The predicted molar refractivity (Wildman–Crippen MR) is 99.3 cm³/mol. The van der Waals surface area contributed by atoms with E-state index in [2.05, 4.69) is 85.2 Å². The van der Waals surface area contributed by atoms with Gasteiger partial charge in [-0.1, -0.05) is 68.5 Å². The van der Waals surface area contributed by atoms with Crippen LogP contribution in [0.3, 0.4) is 0 Å². The Morgan fingerprint density at radius 2 is 1.83 bits per heavy atom. The number of rotatable bonds is 1. The van der Waals surface area contributed by atoms with Gasteiger partial charge in [0.15, 0.2) is 0 Å². The van der Waals surface area contributed by atoms with Crippen molar-refractivity contribution in [1.82, 2.24) is 9.55 Å². The number of hydrogen-bond donors (Lipinski definition) is 0. The summed E-state index contributed by atoms with van der Waals surface area (Å²) in [6, 6.07) is 15.7. The maximum atomic E-state index is 4.97. The van der Waals surface area contributed by atoms with Crippen LogP contribution >= 0.6 is 0 Å². The van der Waals surface area contributed by atoms with E-state index < -0.39 is 0 Å². The van der Waals surface area contributed by atoms with Crippen molar-refractivity contribution in [2.24, 2.45) is 0 Å². The summed E-state index contributed by atoms with van der Waals surface area (Å²) in [5.41, 5.74) is 6.39. The van der Waals surface area contributed by atoms with E-state index in [-0.39, 0.29) is 0 Å². The van der Waals surface area contributed by atoms with E-state index in [9.17, 15) is 0 Å². The molecular weight excluding hydrogens is 292 g/mol. The summed E-state index contributed by atoms with van der Waals surface area (Å²) in [6.45, 7) is 4.52. The maximum absolute atomic E-state index is 4.97. The first-order valence-corrected chi connectivity index (χ1v) is 8.70. The number of para-hydroxylation sites is 2. The molecule has 0 fully saturated rings.